The predicted octanol–water partition coefficient (Wildman–Crippen LogP) is 1.31. The van der Waals surface area contributed by atoms with Crippen molar-refractivity contribution in [1.29, 1.82) is 0 Å². The molecule has 2 aromatic rings. The molecule has 5 rings (SSSR count). The first-order valence-corrected chi connectivity index (χ1v) is 11.5. The lowest BCUT2D eigenvalue weighted by atomic mass is 9.96. The number of nitrogens with one attached hydrogen (secondary N) is 2. The number of likely N-dealkylation sites (tertiary alicyclic amines) is 2. The average Bonchev–Trinajstić information content (AvgIpc) is 3.45. The van der Waals surface area contributed by atoms with Crippen molar-refractivity contribution in [2.45, 2.75) is 44.2 Å². The number of hydrogen-bond donors (Lipinski definition) is 2. The van der Waals surface area contributed by atoms with E-state index >= 15 is 0 Å². The number of aromatic nitrogens is 2. The molecule has 0 saturated carbocycles. The molecule has 0 spiro atoms. The van der Waals surface area contributed by atoms with E-state index < -0.39 is 6.04 Å². The van der Waals surface area contributed by atoms with E-state index in [1.165, 1.54) is 0 Å². The molecule has 2 N–H and O–H groups in total. The number of ether oxygens (including phenoxy) is 1. The monoisotopic (exact) mass is 439 g/mol. The summed E-state index contributed by atoms with van der Waals surface area (Å²) >= 11 is 0. The minimum atomic E-state index is -0.458. The lowest BCUT2D eigenvalue weighted by Crippen LogP contribution is -2.50. The topological polar surface area (TPSA) is 108 Å². The molecule has 3 amide bonds. The van der Waals surface area contributed by atoms with Gasteiger partial charge >= 0.3 is 0 Å². The molecule has 32 heavy (non-hydrogen) atoms. The highest BCUT2D eigenvalue weighted by Gasteiger charge is 2.39. The maximum absolute atomic E-state index is 13.0. The summed E-state index contributed by atoms with van der Waals surface area (Å²) < 4.78 is 5.40. The van der Waals surface area contributed by atoms with Gasteiger partial charge in [0.2, 0.25) is 11.8 Å². The molecule has 0 aliphatic carbocycles. The molecule has 0 radical (unpaired) electrons. The van der Waals surface area contributed by atoms with E-state index in [0.717, 1.165) is 36.6 Å². The fourth-order valence-corrected chi connectivity index (χ4v) is 5.12. The van der Waals surface area contributed by atoms with Crippen molar-refractivity contribution in [2.24, 2.45) is 5.92 Å². The van der Waals surface area contributed by atoms with Crippen molar-refractivity contribution < 1.29 is 19.1 Å². The Bertz CT molecular complexity index is 1010. The first-order chi connectivity index (χ1) is 15.6. The second-order valence-corrected chi connectivity index (χ2v) is 8.99. The van der Waals surface area contributed by atoms with Gasteiger partial charge in [-0.05, 0) is 50.3 Å². The summed E-state index contributed by atoms with van der Waals surface area (Å²) in [5.41, 5.74) is 1.48. The molecule has 9 nitrogen and oxygen atoms in total. The zero-order chi connectivity index (χ0) is 22.1. The van der Waals surface area contributed by atoms with Crippen molar-refractivity contribution in [1.82, 2.24) is 25.3 Å². The van der Waals surface area contributed by atoms with E-state index in [1.807, 2.05) is 17.0 Å². The molecule has 1 aromatic heterocycles. The van der Waals surface area contributed by atoms with Crippen LogP contribution in [0.25, 0.3) is 10.9 Å². The SMILES string of the molecule is O=C(NC1CCN(C2CCOCC2)C1=O)C1CCCN(C(=O)c2ccc3[nH]ncc3c2)C1. The third-order valence-electron chi connectivity index (χ3n) is 6.95. The molecule has 4 heterocycles. The Balaban J connectivity index is 1.19. The number of carbonyl (C=O) groups is 3. The van der Waals surface area contributed by atoms with Crippen LogP contribution in [0.3, 0.4) is 0 Å². The van der Waals surface area contributed by atoms with Crippen LogP contribution in [-0.4, -0.2) is 82.7 Å². The number of hydrogen-bond acceptors (Lipinski definition) is 5. The fraction of sp³-hybridized carbons (Fsp3) is 0.565. The van der Waals surface area contributed by atoms with Crippen molar-refractivity contribution in [3.05, 3.63) is 30.0 Å². The third-order valence-corrected chi connectivity index (χ3v) is 6.95. The zero-order valence-corrected chi connectivity index (χ0v) is 18.1. The van der Waals surface area contributed by atoms with Gasteiger partial charge in [0.1, 0.15) is 6.04 Å². The number of benzene rings is 1. The van der Waals surface area contributed by atoms with Gasteiger partial charge in [-0.1, -0.05) is 0 Å². The fourth-order valence-electron chi connectivity index (χ4n) is 5.12. The summed E-state index contributed by atoms with van der Waals surface area (Å²) in [6.07, 6.45) is 5.54. The number of fused-ring (bicyclic) bond motifs is 1. The number of aromatic amines is 1. The maximum Gasteiger partial charge on any atom is 0.253 e. The van der Waals surface area contributed by atoms with E-state index in [1.54, 1.807) is 17.2 Å². The van der Waals surface area contributed by atoms with Gasteiger partial charge in [-0.3, -0.25) is 19.5 Å². The number of nitrogens with zero attached hydrogens (tertiary/aromatic N) is 3. The van der Waals surface area contributed by atoms with E-state index in [4.69, 9.17) is 4.74 Å². The summed E-state index contributed by atoms with van der Waals surface area (Å²) in [5.74, 6) is -0.481. The summed E-state index contributed by atoms with van der Waals surface area (Å²) in [5, 5.41) is 10.7. The Labute approximate surface area is 186 Å². The zero-order valence-electron chi connectivity index (χ0n) is 18.1. The van der Waals surface area contributed by atoms with Crippen molar-refractivity contribution in [3.8, 4) is 0 Å². The second-order valence-electron chi connectivity index (χ2n) is 8.99. The molecular weight excluding hydrogens is 410 g/mol. The van der Waals surface area contributed by atoms with Gasteiger partial charge in [0.05, 0.1) is 17.6 Å². The van der Waals surface area contributed by atoms with Gasteiger partial charge in [-0.25, -0.2) is 0 Å². The van der Waals surface area contributed by atoms with Crippen LogP contribution in [-0.2, 0) is 14.3 Å². The van der Waals surface area contributed by atoms with Gasteiger partial charge in [-0.15, -0.1) is 0 Å². The molecule has 2 unspecified atom stereocenters. The highest BCUT2D eigenvalue weighted by molar-refractivity contribution is 5.98. The number of H-pyrrole nitrogens is 1. The standard InChI is InChI=1S/C23H29N5O4/c29-21(25-20-5-9-28(23(20)31)18-6-10-32-11-7-18)16-2-1-8-27(14-16)22(30)15-3-4-19-17(12-15)13-24-26-19/h3-4,12-13,16,18,20H,1-2,5-11,14H2,(H,24,26)(H,25,29). The predicted molar refractivity (Wildman–Crippen MR) is 117 cm³/mol. The second kappa shape index (κ2) is 8.90. The highest BCUT2D eigenvalue weighted by atomic mass is 16.5. The van der Waals surface area contributed by atoms with Crippen LogP contribution in [0.2, 0.25) is 0 Å². The molecular formula is C23H29N5O4. The Kier molecular flexibility index (Phi) is 5.82. The van der Waals surface area contributed by atoms with Gasteiger partial charge in [-0.2, -0.15) is 5.10 Å². The van der Waals surface area contributed by atoms with Crippen LogP contribution < -0.4 is 5.32 Å². The Morgan fingerprint density at radius 3 is 2.81 bits per heavy atom. The normalized spacial score (nSPS) is 24.8. The minimum Gasteiger partial charge on any atom is -0.381 e. The molecule has 170 valence electrons. The summed E-state index contributed by atoms with van der Waals surface area (Å²) in [4.78, 5) is 42.5. The molecule has 3 fully saturated rings. The van der Waals surface area contributed by atoms with Gasteiger partial charge in [0, 0.05) is 49.8 Å². The quantitative estimate of drug-likeness (QED) is 0.747. The summed E-state index contributed by atoms with van der Waals surface area (Å²) in [7, 11) is 0. The van der Waals surface area contributed by atoms with Crippen molar-refractivity contribution in [3.63, 3.8) is 0 Å². The molecule has 3 aliphatic heterocycles. The number of rotatable bonds is 4. The number of piperidine rings is 1. The highest BCUT2D eigenvalue weighted by Crippen LogP contribution is 2.24. The van der Waals surface area contributed by atoms with E-state index in [0.29, 0.717) is 44.8 Å². The van der Waals surface area contributed by atoms with E-state index in [2.05, 4.69) is 15.5 Å². The van der Waals surface area contributed by atoms with Gasteiger partial charge in [0.15, 0.2) is 0 Å². The van der Waals surface area contributed by atoms with Gasteiger partial charge < -0.3 is 19.9 Å². The molecule has 0 bridgehead atoms. The molecule has 3 saturated heterocycles. The van der Waals surface area contributed by atoms with E-state index in [9.17, 15) is 14.4 Å². The number of amides is 3. The van der Waals surface area contributed by atoms with Crippen LogP contribution in [0.4, 0.5) is 0 Å². The average molecular weight is 440 g/mol. The number of carbonyl (C=O) groups excluding carboxylic acids is 3. The molecule has 9 heteroatoms. The molecule has 3 aliphatic rings. The van der Waals surface area contributed by atoms with Crippen molar-refractivity contribution in [2.75, 3.05) is 32.8 Å². The van der Waals surface area contributed by atoms with E-state index in [-0.39, 0.29) is 29.7 Å². The van der Waals surface area contributed by atoms with Crippen LogP contribution in [0, 0.1) is 5.92 Å². The largest absolute Gasteiger partial charge is 0.381 e. The first-order valence-electron chi connectivity index (χ1n) is 11.5. The summed E-state index contributed by atoms with van der Waals surface area (Å²) in [6.45, 7) is 3.06. The van der Waals surface area contributed by atoms with Crippen LogP contribution >= 0.6 is 0 Å². The van der Waals surface area contributed by atoms with Gasteiger partial charge in [0.25, 0.3) is 5.91 Å². The Morgan fingerprint density at radius 1 is 1.12 bits per heavy atom. The first kappa shape index (κ1) is 20.9. The molecule has 1 aromatic carbocycles. The van der Waals surface area contributed by atoms with Crippen LogP contribution in [0.15, 0.2) is 24.4 Å². The smallest absolute Gasteiger partial charge is 0.253 e. The van der Waals surface area contributed by atoms with Crippen LogP contribution in [0.5, 0.6) is 0 Å². The van der Waals surface area contributed by atoms with Crippen LogP contribution in [0.1, 0.15) is 42.5 Å². The Morgan fingerprint density at radius 2 is 1.97 bits per heavy atom. The lowest BCUT2D eigenvalue weighted by molar-refractivity contribution is -0.136. The van der Waals surface area contributed by atoms with Crippen molar-refractivity contribution >= 4 is 28.6 Å². The Hall–Kier alpha value is -2.94. The maximum atomic E-state index is 13.0. The molecule has 2 atom stereocenters. The lowest BCUT2D eigenvalue weighted by Gasteiger charge is -2.33. The third kappa shape index (κ3) is 4.09. The minimum absolute atomic E-state index is 0.0161. The summed E-state index contributed by atoms with van der Waals surface area (Å²) in [6, 6.07) is 5.22.